The molecule has 1 atom stereocenters. The van der Waals surface area contributed by atoms with Crippen molar-refractivity contribution < 1.29 is 32.2 Å². The standard InChI is InChI=1S/C32H35F3N8O4S/c1-4-46-30(45)26(36)17-38-27(44)18-48-31(42-28-20(2)6-5-7-21(28)3)43-41-16-22-8-10-23(11-9-22)29(37)40-19-39-24-12-14-25(15-13-24)47-32(33,34)35/h5-16,19,26H,4,17-18,36H2,1-3H3,(H,38,44)(H,42,43)(H2,37,39,40)/b41-16+. The molecular weight excluding hydrogens is 649 g/mol. The summed E-state index contributed by atoms with van der Waals surface area (Å²) >= 11 is 1.12. The average molecular weight is 685 g/mol. The van der Waals surface area contributed by atoms with Gasteiger partial charge in [-0.05, 0) is 61.7 Å². The van der Waals surface area contributed by atoms with E-state index < -0.39 is 18.4 Å². The Hall–Kier alpha value is -5.22. The summed E-state index contributed by atoms with van der Waals surface area (Å²) in [6.07, 6.45) is -2.02. The van der Waals surface area contributed by atoms with Gasteiger partial charge in [0.25, 0.3) is 0 Å². The number of ether oxygens (including phenoxy) is 2. The molecule has 0 aliphatic carbocycles. The number of aryl methyl sites for hydroxylation is 2. The molecular formula is C32H35F3N8O4S. The highest BCUT2D eigenvalue weighted by Crippen LogP contribution is 2.25. The molecule has 0 aliphatic rings. The number of hydrogen-bond acceptors (Lipinski definition) is 9. The van der Waals surface area contributed by atoms with E-state index in [1.807, 2.05) is 32.0 Å². The third-order valence-electron chi connectivity index (χ3n) is 6.16. The van der Waals surface area contributed by atoms with Crippen molar-refractivity contribution >= 4 is 58.6 Å². The molecule has 0 aliphatic heterocycles. The summed E-state index contributed by atoms with van der Waals surface area (Å²) in [5, 5.41) is 7.26. The number of hydrazone groups is 1. The first kappa shape index (κ1) is 37.2. The number of aliphatic imine (C=N–C) groups is 3. The van der Waals surface area contributed by atoms with Gasteiger partial charge in [-0.3, -0.25) is 15.0 Å². The van der Waals surface area contributed by atoms with Gasteiger partial charge >= 0.3 is 12.3 Å². The van der Waals surface area contributed by atoms with Gasteiger partial charge in [0, 0.05) is 12.1 Å². The largest absolute Gasteiger partial charge is 0.573 e. The third kappa shape index (κ3) is 12.9. The van der Waals surface area contributed by atoms with Gasteiger partial charge in [-0.25, -0.2) is 15.0 Å². The Morgan fingerprint density at radius 1 is 1.02 bits per heavy atom. The van der Waals surface area contributed by atoms with Crippen LogP contribution in [0.1, 0.15) is 29.2 Å². The lowest BCUT2D eigenvalue weighted by atomic mass is 10.1. The van der Waals surface area contributed by atoms with E-state index in [-0.39, 0.29) is 36.4 Å². The highest BCUT2D eigenvalue weighted by Gasteiger charge is 2.30. The quantitative estimate of drug-likeness (QED) is 0.0872. The molecule has 0 heterocycles. The minimum absolute atomic E-state index is 0.0176. The first-order valence-corrected chi connectivity index (χ1v) is 15.4. The van der Waals surface area contributed by atoms with Crippen LogP contribution in [0.25, 0.3) is 0 Å². The number of hydrogen-bond donors (Lipinski definition) is 4. The fraction of sp³-hybridized carbons (Fsp3) is 0.250. The summed E-state index contributed by atoms with van der Waals surface area (Å²) in [4.78, 5) is 37.0. The molecule has 254 valence electrons. The summed E-state index contributed by atoms with van der Waals surface area (Å²) < 4.78 is 45.6. The fourth-order valence-electron chi connectivity index (χ4n) is 3.78. The molecule has 3 aromatic rings. The fourth-order valence-corrected chi connectivity index (χ4v) is 4.43. The van der Waals surface area contributed by atoms with E-state index >= 15 is 0 Å². The van der Waals surface area contributed by atoms with Crippen LogP contribution in [-0.2, 0) is 14.3 Å². The predicted molar refractivity (Wildman–Crippen MR) is 182 cm³/mol. The average Bonchev–Trinajstić information content (AvgIpc) is 3.04. The molecule has 16 heteroatoms. The SMILES string of the molecule is CCOC(=O)C(N)CNC(=O)CSC(=Nc1c(C)cccc1C)N/N=C/c1ccc(C(N)=NC=Nc2ccc(OC(F)(F)F)cc2)cc1. The van der Waals surface area contributed by atoms with E-state index in [2.05, 4.69) is 30.6 Å². The Labute approximate surface area is 279 Å². The zero-order chi connectivity index (χ0) is 35.1. The van der Waals surface area contributed by atoms with Gasteiger partial charge in [0.05, 0.1) is 29.9 Å². The van der Waals surface area contributed by atoms with Crippen LogP contribution < -0.4 is 26.9 Å². The molecule has 48 heavy (non-hydrogen) atoms. The molecule has 3 rings (SSSR count). The lowest BCUT2D eigenvalue weighted by Gasteiger charge is -2.12. The van der Waals surface area contributed by atoms with Crippen LogP contribution in [0.2, 0.25) is 0 Å². The number of para-hydroxylation sites is 1. The minimum atomic E-state index is -4.78. The number of halogens is 3. The molecule has 0 spiro atoms. The summed E-state index contributed by atoms with van der Waals surface area (Å²) in [6.45, 7) is 5.65. The Balaban J connectivity index is 1.62. The maximum Gasteiger partial charge on any atom is 0.573 e. The zero-order valence-corrected chi connectivity index (χ0v) is 27.1. The van der Waals surface area contributed by atoms with Crippen LogP contribution in [0.15, 0.2) is 86.8 Å². The molecule has 0 fully saturated rings. The van der Waals surface area contributed by atoms with E-state index in [4.69, 9.17) is 21.2 Å². The highest BCUT2D eigenvalue weighted by molar-refractivity contribution is 8.14. The second-order valence-electron chi connectivity index (χ2n) is 9.90. The van der Waals surface area contributed by atoms with Gasteiger partial charge < -0.3 is 26.3 Å². The molecule has 3 aromatic carbocycles. The van der Waals surface area contributed by atoms with Gasteiger partial charge in [0.1, 0.15) is 24.0 Å². The minimum Gasteiger partial charge on any atom is -0.465 e. The number of amidine groups is 2. The van der Waals surface area contributed by atoms with Crippen molar-refractivity contribution in [3.8, 4) is 5.75 Å². The van der Waals surface area contributed by atoms with E-state index in [1.54, 1.807) is 37.4 Å². The molecule has 0 bridgehead atoms. The zero-order valence-electron chi connectivity index (χ0n) is 26.3. The second-order valence-corrected chi connectivity index (χ2v) is 10.9. The highest BCUT2D eigenvalue weighted by atomic mass is 32.2. The normalized spacial score (nSPS) is 13.1. The van der Waals surface area contributed by atoms with E-state index in [0.717, 1.165) is 46.3 Å². The van der Waals surface area contributed by atoms with Crippen molar-refractivity contribution in [2.45, 2.75) is 33.2 Å². The van der Waals surface area contributed by atoms with Crippen LogP contribution in [-0.4, -0.2) is 66.7 Å². The Kier molecular flexibility index (Phi) is 14.1. The second kappa shape index (κ2) is 18.2. The number of alkyl halides is 3. The van der Waals surface area contributed by atoms with Gasteiger partial charge in [0.2, 0.25) is 5.91 Å². The number of nitrogens with zero attached hydrogens (tertiary/aromatic N) is 4. The molecule has 6 N–H and O–H groups in total. The van der Waals surface area contributed by atoms with E-state index in [1.165, 1.54) is 18.5 Å². The number of carbonyl (C=O) groups excluding carboxylic acids is 2. The summed E-state index contributed by atoms with van der Waals surface area (Å²) in [7, 11) is 0. The van der Waals surface area contributed by atoms with Crippen molar-refractivity contribution in [1.82, 2.24) is 10.7 Å². The number of nitrogens with one attached hydrogen (secondary N) is 2. The summed E-state index contributed by atoms with van der Waals surface area (Å²) in [5.74, 6) is -1.16. The topological polar surface area (TPSA) is 178 Å². The van der Waals surface area contributed by atoms with Crippen LogP contribution in [0.4, 0.5) is 24.5 Å². The van der Waals surface area contributed by atoms with Crippen molar-refractivity contribution in [3.63, 3.8) is 0 Å². The Bertz CT molecular complexity index is 1640. The summed E-state index contributed by atoms with van der Waals surface area (Å²) in [6, 6.07) is 16.8. The lowest BCUT2D eigenvalue weighted by Crippen LogP contribution is -2.44. The first-order valence-electron chi connectivity index (χ1n) is 14.4. The van der Waals surface area contributed by atoms with Crippen molar-refractivity contribution in [3.05, 3.63) is 89.0 Å². The van der Waals surface area contributed by atoms with Crippen LogP contribution in [0.3, 0.4) is 0 Å². The third-order valence-corrected chi connectivity index (χ3v) is 7.02. The number of nitrogens with two attached hydrogens (primary N) is 2. The van der Waals surface area contributed by atoms with Crippen LogP contribution >= 0.6 is 11.8 Å². The molecule has 12 nitrogen and oxygen atoms in total. The monoisotopic (exact) mass is 684 g/mol. The van der Waals surface area contributed by atoms with Gasteiger partial charge in [-0.1, -0.05) is 54.2 Å². The van der Waals surface area contributed by atoms with E-state index in [9.17, 15) is 22.8 Å². The lowest BCUT2D eigenvalue weighted by molar-refractivity contribution is -0.274. The van der Waals surface area contributed by atoms with Crippen molar-refractivity contribution in [1.29, 1.82) is 0 Å². The van der Waals surface area contributed by atoms with Gasteiger partial charge in [0.15, 0.2) is 5.17 Å². The number of carbonyl (C=O) groups is 2. The number of esters is 1. The number of thioether (sulfide) groups is 1. The predicted octanol–water partition coefficient (Wildman–Crippen LogP) is 4.62. The van der Waals surface area contributed by atoms with Crippen molar-refractivity contribution in [2.75, 3.05) is 18.9 Å². The first-order chi connectivity index (χ1) is 22.8. The summed E-state index contributed by atoms with van der Waals surface area (Å²) in [5.41, 5.74) is 19.0. The number of rotatable bonds is 13. The van der Waals surface area contributed by atoms with Crippen LogP contribution in [0, 0.1) is 13.8 Å². The molecule has 0 radical (unpaired) electrons. The maximum atomic E-state index is 12.5. The number of amides is 1. The van der Waals surface area contributed by atoms with Crippen LogP contribution in [0.5, 0.6) is 5.75 Å². The smallest absolute Gasteiger partial charge is 0.465 e. The van der Waals surface area contributed by atoms with Gasteiger partial charge in [-0.15, -0.1) is 13.2 Å². The van der Waals surface area contributed by atoms with Gasteiger partial charge in [-0.2, -0.15) is 5.10 Å². The molecule has 0 saturated carbocycles. The molecule has 1 amide bonds. The number of benzene rings is 3. The van der Waals surface area contributed by atoms with Crippen molar-refractivity contribution in [2.24, 2.45) is 31.5 Å². The maximum absolute atomic E-state index is 12.5. The van der Waals surface area contributed by atoms with E-state index in [0.29, 0.717) is 16.4 Å². The molecule has 0 saturated heterocycles. The Morgan fingerprint density at radius 2 is 1.69 bits per heavy atom. The Morgan fingerprint density at radius 3 is 2.31 bits per heavy atom. The molecule has 1 unspecified atom stereocenters. The molecule has 0 aromatic heterocycles.